The quantitative estimate of drug-likeness (QED) is 0.332. The molecule has 0 rings (SSSR count). The van der Waals surface area contributed by atoms with Gasteiger partial charge in [-0.15, -0.1) is 0 Å². The number of carbonyl (C=O) groups excluding carboxylic acids is 1. The predicted molar refractivity (Wildman–Crippen MR) is 45.5 cm³/mol. The Kier molecular flexibility index (Phi) is 7.63. The zero-order chi connectivity index (χ0) is 9.23. The van der Waals surface area contributed by atoms with Crippen molar-refractivity contribution in [1.29, 1.82) is 0 Å². The molecule has 0 radical (unpaired) electrons. The highest BCUT2D eigenvalue weighted by atomic mass is 16.5. The summed E-state index contributed by atoms with van der Waals surface area (Å²) >= 11 is 0. The minimum atomic E-state index is -0.376. The summed E-state index contributed by atoms with van der Waals surface area (Å²) in [5.74, 6) is -0.376. The molecule has 0 saturated heterocycles. The third kappa shape index (κ3) is 7.24. The molecular formula is C8H15NO3. The summed E-state index contributed by atoms with van der Waals surface area (Å²) < 4.78 is 4.75. The van der Waals surface area contributed by atoms with E-state index in [1.807, 2.05) is 0 Å². The highest BCUT2D eigenvalue weighted by Gasteiger charge is 1.94. The van der Waals surface area contributed by atoms with Gasteiger partial charge in [0.15, 0.2) is 0 Å². The van der Waals surface area contributed by atoms with Crippen molar-refractivity contribution in [2.24, 2.45) is 5.73 Å². The number of unbranched alkanes of at least 4 members (excludes halogenated alkanes) is 1. The Labute approximate surface area is 72.0 Å². The number of aliphatic hydroxyl groups excluding tert-OH is 1. The lowest BCUT2D eigenvalue weighted by Gasteiger charge is -1.99. The maximum atomic E-state index is 10.7. The van der Waals surface area contributed by atoms with Crippen LogP contribution in [0.1, 0.15) is 12.8 Å². The van der Waals surface area contributed by atoms with E-state index in [1.54, 1.807) is 0 Å². The van der Waals surface area contributed by atoms with Crippen molar-refractivity contribution in [2.45, 2.75) is 12.8 Å². The smallest absolute Gasteiger partial charge is 0.330 e. The molecular weight excluding hydrogens is 158 g/mol. The Hall–Kier alpha value is -0.870. The Morgan fingerprint density at radius 1 is 1.50 bits per heavy atom. The third-order valence-corrected chi connectivity index (χ3v) is 1.19. The summed E-state index contributed by atoms with van der Waals surface area (Å²) in [4.78, 5) is 10.7. The van der Waals surface area contributed by atoms with Crippen LogP contribution in [0.3, 0.4) is 0 Å². The molecule has 70 valence electrons. The van der Waals surface area contributed by atoms with Crippen LogP contribution in [0.5, 0.6) is 0 Å². The van der Waals surface area contributed by atoms with Crippen LogP contribution in [0.4, 0.5) is 0 Å². The van der Waals surface area contributed by atoms with E-state index in [1.165, 1.54) is 12.2 Å². The number of hydrogen-bond acceptors (Lipinski definition) is 4. The number of aliphatic hydroxyl groups is 1. The fourth-order valence-electron chi connectivity index (χ4n) is 0.599. The van der Waals surface area contributed by atoms with Gasteiger partial charge in [-0.05, 0) is 12.8 Å². The second-order valence-electron chi connectivity index (χ2n) is 2.24. The minimum absolute atomic E-state index is 0.135. The lowest BCUT2D eigenvalue weighted by Crippen LogP contribution is -2.04. The summed E-state index contributed by atoms with van der Waals surface area (Å²) in [5, 5.41) is 8.40. The zero-order valence-corrected chi connectivity index (χ0v) is 7.03. The second-order valence-corrected chi connectivity index (χ2v) is 2.24. The van der Waals surface area contributed by atoms with E-state index in [0.29, 0.717) is 26.0 Å². The van der Waals surface area contributed by atoms with E-state index < -0.39 is 0 Å². The van der Waals surface area contributed by atoms with Crippen molar-refractivity contribution in [3.05, 3.63) is 12.2 Å². The number of carbonyl (C=O) groups is 1. The van der Waals surface area contributed by atoms with Crippen LogP contribution in [-0.4, -0.2) is 30.8 Å². The Morgan fingerprint density at radius 2 is 2.25 bits per heavy atom. The van der Waals surface area contributed by atoms with Crippen LogP contribution in [0.15, 0.2) is 12.2 Å². The molecule has 0 bridgehead atoms. The molecule has 3 N–H and O–H groups in total. The van der Waals surface area contributed by atoms with Crippen LogP contribution < -0.4 is 5.73 Å². The highest BCUT2D eigenvalue weighted by Crippen LogP contribution is 1.89. The van der Waals surface area contributed by atoms with Crippen molar-refractivity contribution in [3.8, 4) is 0 Å². The van der Waals surface area contributed by atoms with Gasteiger partial charge in [-0.3, -0.25) is 0 Å². The molecule has 0 aliphatic rings. The topological polar surface area (TPSA) is 72.6 Å². The number of hydrogen-bond donors (Lipinski definition) is 2. The van der Waals surface area contributed by atoms with Crippen molar-refractivity contribution >= 4 is 5.97 Å². The Morgan fingerprint density at radius 3 is 2.83 bits per heavy atom. The van der Waals surface area contributed by atoms with Crippen LogP contribution in [0.2, 0.25) is 0 Å². The van der Waals surface area contributed by atoms with Gasteiger partial charge in [-0.1, -0.05) is 6.08 Å². The van der Waals surface area contributed by atoms with E-state index in [4.69, 9.17) is 15.6 Å². The number of rotatable bonds is 6. The molecule has 0 aromatic rings. The molecule has 4 nitrogen and oxygen atoms in total. The first kappa shape index (κ1) is 11.1. The average molecular weight is 173 g/mol. The van der Waals surface area contributed by atoms with Crippen LogP contribution >= 0.6 is 0 Å². The maximum absolute atomic E-state index is 10.7. The van der Waals surface area contributed by atoms with E-state index in [9.17, 15) is 4.79 Å². The molecule has 0 heterocycles. The lowest BCUT2D eigenvalue weighted by atomic mass is 10.3. The number of nitrogens with two attached hydrogens (primary N) is 1. The van der Waals surface area contributed by atoms with Gasteiger partial charge in [0, 0.05) is 19.2 Å². The van der Waals surface area contributed by atoms with Gasteiger partial charge in [0.05, 0.1) is 6.61 Å². The second kappa shape index (κ2) is 8.23. The van der Waals surface area contributed by atoms with E-state index in [-0.39, 0.29) is 12.6 Å². The molecule has 0 aliphatic heterocycles. The van der Waals surface area contributed by atoms with Crippen molar-refractivity contribution < 1.29 is 14.6 Å². The molecule has 0 spiro atoms. The number of esters is 1. The predicted octanol–water partition coefficient (Wildman–Crippen LogP) is -0.183. The fraction of sp³-hybridized carbons (Fsp3) is 0.625. The van der Waals surface area contributed by atoms with Gasteiger partial charge in [-0.25, -0.2) is 4.79 Å². The first-order valence-corrected chi connectivity index (χ1v) is 3.95. The maximum Gasteiger partial charge on any atom is 0.330 e. The average Bonchev–Trinajstić information content (AvgIpc) is 2.09. The SMILES string of the molecule is NCC=CC(=O)OCCCCO. The lowest BCUT2D eigenvalue weighted by molar-refractivity contribution is -0.137. The molecule has 0 unspecified atom stereocenters. The van der Waals surface area contributed by atoms with Gasteiger partial charge < -0.3 is 15.6 Å². The molecule has 12 heavy (non-hydrogen) atoms. The van der Waals surface area contributed by atoms with E-state index >= 15 is 0 Å². The summed E-state index contributed by atoms with van der Waals surface area (Å²) in [7, 11) is 0. The summed E-state index contributed by atoms with van der Waals surface area (Å²) in [6.45, 7) is 0.830. The van der Waals surface area contributed by atoms with Crippen LogP contribution in [-0.2, 0) is 9.53 Å². The Bertz CT molecular complexity index is 145. The first-order chi connectivity index (χ1) is 5.81. The van der Waals surface area contributed by atoms with Gasteiger partial charge in [0.2, 0.25) is 0 Å². The van der Waals surface area contributed by atoms with Crippen molar-refractivity contribution in [2.75, 3.05) is 19.8 Å². The van der Waals surface area contributed by atoms with Crippen molar-refractivity contribution in [1.82, 2.24) is 0 Å². The molecule has 0 aromatic carbocycles. The standard InChI is InChI=1S/C8H15NO3/c9-5-3-4-8(11)12-7-2-1-6-10/h3-4,10H,1-2,5-7,9H2. The molecule has 0 aromatic heterocycles. The third-order valence-electron chi connectivity index (χ3n) is 1.19. The minimum Gasteiger partial charge on any atom is -0.463 e. The Balaban J connectivity index is 3.25. The van der Waals surface area contributed by atoms with Crippen LogP contribution in [0.25, 0.3) is 0 Å². The normalized spacial score (nSPS) is 10.5. The van der Waals surface area contributed by atoms with Crippen molar-refractivity contribution in [3.63, 3.8) is 0 Å². The highest BCUT2D eigenvalue weighted by molar-refractivity contribution is 5.81. The molecule has 0 aliphatic carbocycles. The monoisotopic (exact) mass is 173 g/mol. The molecule has 4 heteroatoms. The largest absolute Gasteiger partial charge is 0.463 e. The van der Waals surface area contributed by atoms with Gasteiger partial charge in [0.25, 0.3) is 0 Å². The molecule has 0 atom stereocenters. The van der Waals surface area contributed by atoms with Gasteiger partial charge >= 0.3 is 5.97 Å². The summed E-state index contributed by atoms with van der Waals surface area (Å²) in [5.41, 5.74) is 5.13. The van der Waals surface area contributed by atoms with E-state index in [0.717, 1.165) is 0 Å². The van der Waals surface area contributed by atoms with Crippen LogP contribution in [0, 0.1) is 0 Å². The first-order valence-electron chi connectivity index (χ1n) is 3.95. The molecule has 0 fully saturated rings. The molecule has 0 amide bonds. The molecule has 0 saturated carbocycles. The zero-order valence-electron chi connectivity index (χ0n) is 7.03. The fourth-order valence-corrected chi connectivity index (χ4v) is 0.599. The van der Waals surface area contributed by atoms with Gasteiger partial charge in [-0.2, -0.15) is 0 Å². The summed E-state index contributed by atoms with van der Waals surface area (Å²) in [6, 6.07) is 0. The number of ether oxygens (including phenoxy) is 1. The van der Waals surface area contributed by atoms with Gasteiger partial charge in [0.1, 0.15) is 0 Å². The summed E-state index contributed by atoms with van der Waals surface area (Å²) in [6.07, 6.45) is 4.19. The van der Waals surface area contributed by atoms with E-state index in [2.05, 4.69) is 0 Å².